The molecule has 152 valence electrons. The minimum absolute atomic E-state index is 0.0607. The van der Waals surface area contributed by atoms with Crippen molar-refractivity contribution in [2.45, 2.75) is 6.92 Å². The SMILES string of the molecule is Cc1cc(C(=O)NCC(=O)Nc2ccc(Nc3ccccc3)cc2)ccc1[N+](=O)[O-]. The third-order valence-corrected chi connectivity index (χ3v) is 4.30. The first-order valence-corrected chi connectivity index (χ1v) is 9.17. The largest absolute Gasteiger partial charge is 0.356 e. The molecule has 0 saturated heterocycles. The zero-order valence-electron chi connectivity index (χ0n) is 16.2. The molecule has 30 heavy (non-hydrogen) atoms. The Morgan fingerprint density at radius 1 is 0.900 bits per heavy atom. The van der Waals surface area contributed by atoms with Crippen LogP contribution in [0.15, 0.2) is 72.8 Å². The molecular weight excluding hydrogens is 384 g/mol. The summed E-state index contributed by atoms with van der Waals surface area (Å²) in [5, 5.41) is 19.3. The summed E-state index contributed by atoms with van der Waals surface area (Å²) < 4.78 is 0. The van der Waals surface area contributed by atoms with Gasteiger partial charge in [-0.25, -0.2) is 0 Å². The molecule has 0 aromatic heterocycles. The van der Waals surface area contributed by atoms with Crippen LogP contribution in [-0.2, 0) is 4.79 Å². The molecule has 0 aliphatic heterocycles. The first kappa shape index (κ1) is 20.5. The van der Waals surface area contributed by atoms with Crippen molar-refractivity contribution in [1.29, 1.82) is 0 Å². The molecule has 3 aromatic carbocycles. The number of nitrogens with zero attached hydrogens (tertiary/aromatic N) is 1. The lowest BCUT2D eigenvalue weighted by Crippen LogP contribution is -2.32. The fourth-order valence-corrected chi connectivity index (χ4v) is 2.79. The van der Waals surface area contributed by atoms with Gasteiger partial charge in [-0.05, 0) is 55.5 Å². The minimum atomic E-state index is -0.509. The van der Waals surface area contributed by atoms with Gasteiger partial charge in [0.15, 0.2) is 0 Å². The van der Waals surface area contributed by atoms with Crippen LogP contribution >= 0.6 is 0 Å². The summed E-state index contributed by atoms with van der Waals surface area (Å²) >= 11 is 0. The van der Waals surface area contributed by atoms with Crippen LogP contribution in [-0.4, -0.2) is 23.3 Å². The van der Waals surface area contributed by atoms with E-state index in [2.05, 4.69) is 16.0 Å². The van der Waals surface area contributed by atoms with Gasteiger partial charge in [-0.3, -0.25) is 19.7 Å². The molecule has 0 radical (unpaired) electrons. The van der Waals surface area contributed by atoms with Gasteiger partial charge in [0, 0.05) is 34.3 Å². The Morgan fingerprint density at radius 3 is 2.17 bits per heavy atom. The molecule has 0 fully saturated rings. The number of benzene rings is 3. The third-order valence-electron chi connectivity index (χ3n) is 4.30. The molecule has 0 saturated carbocycles. The molecule has 0 atom stereocenters. The van der Waals surface area contributed by atoms with Crippen LogP contribution in [0.5, 0.6) is 0 Å². The van der Waals surface area contributed by atoms with E-state index in [1.165, 1.54) is 18.2 Å². The Morgan fingerprint density at radius 2 is 1.53 bits per heavy atom. The fourth-order valence-electron chi connectivity index (χ4n) is 2.79. The molecule has 0 aliphatic carbocycles. The summed E-state index contributed by atoms with van der Waals surface area (Å²) in [5.41, 5.74) is 3.00. The van der Waals surface area contributed by atoms with Crippen molar-refractivity contribution in [2.75, 3.05) is 17.2 Å². The Hall–Kier alpha value is -4.20. The lowest BCUT2D eigenvalue weighted by Gasteiger charge is -2.09. The fraction of sp³-hybridized carbons (Fsp3) is 0.0909. The van der Waals surface area contributed by atoms with Gasteiger partial charge in [-0.2, -0.15) is 0 Å². The smallest absolute Gasteiger partial charge is 0.272 e. The minimum Gasteiger partial charge on any atom is -0.356 e. The zero-order valence-corrected chi connectivity index (χ0v) is 16.2. The first-order chi connectivity index (χ1) is 14.4. The van der Waals surface area contributed by atoms with E-state index in [1.54, 1.807) is 19.1 Å². The molecule has 3 aromatic rings. The normalized spacial score (nSPS) is 10.2. The predicted molar refractivity (Wildman–Crippen MR) is 115 cm³/mol. The van der Waals surface area contributed by atoms with Crippen LogP contribution in [0.3, 0.4) is 0 Å². The molecule has 0 spiro atoms. The van der Waals surface area contributed by atoms with Crippen LogP contribution < -0.4 is 16.0 Å². The van der Waals surface area contributed by atoms with E-state index in [4.69, 9.17) is 0 Å². The summed E-state index contributed by atoms with van der Waals surface area (Å²) in [6.07, 6.45) is 0. The topological polar surface area (TPSA) is 113 Å². The van der Waals surface area contributed by atoms with Crippen LogP contribution in [0, 0.1) is 17.0 Å². The van der Waals surface area contributed by atoms with Gasteiger partial charge in [0.2, 0.25) is 5.91 Å². The number of hydrogen-bond donors (Lipinski definition) is 3. The summed E-state index contributed by atoms with van der Waals surface area (Å²) in [4.78, 5) is 34.6. The van der Waals surface area contributed by atoms with Gasteiger partial charge in [-0.1, -0.05) is 18.2 Å². The van der Waals surface area contributed by atoms with Crippen LogP contribution in [0.25, 0.3) is 0 Å². The van der Waals surface area contributed by atoms with Crippen molar-refractivity contribution in [1.82, 2.24) is 5.32 Å². The van der Waals surface area contributed by atoms with Crippen molar-refractivity contribution in [3.63, 3.8) is 0 Å². The van der Waals surface area contributed by atoms with Crippen molar-refractivity contribution in [2.24, 2.45) is 0 Å². The summed E-state index contributed by atoms with van der Waals surface area (Å²) in [5.74, 6) is -0.865. The van der Waals surface area contributed by atoms with E-state index in [0.717, 1.165) is 11.4 Å². The summed E-state index contributed by atoms with van der Waals surface area (Å²) in [7, 11) is 0. The van der Waals surface area contributed by atoms with Gasteiger partial charge < -0.3 is 16.0 Å². The molecule has 0 aliphatic rings. The average Bonchev–Trinajstić information content (AvgIpc) is 2.74. The highest BCUT2D eigenvalue weighted by atomic mass is 16.6. The molecule has 3 N–H and O–H groups in total. The van der Waals surface area contributed by atoms with E-state index >= 15 is 0 Å². The van der Waals surface area contributed by atoms with Crippen LogP contribution in [0.1, 0.15) is 15.9 Å². The Kier molecular flexibility index (Phi) is 6.39. The maximum Gasteiger partial charge on any atom is 0.272 e. The third kappa shape index (κ3) is 5.41. The zero-order chi connectivity index (χ0) is 21.5. The Balaban J connectivity index is 1.51. The number of nitrogens with one attached hydrogen (secondary N) is 3. The van der Waals surface area contributed by atoms with Gasteiger partial charge in [0.1, 0.15) is 0 Å². The number of carbonyl (C=O) groups is 2. The standard InChI is InChI=1S/C22H20N4O4/c1-15-13-16(7-12-20(15)26(29)30)22(28)23-14-21(27)25-19-10-8-18(9-11-19)24-17-5-3-2-4-6-17/h2-13,24H,14H2,1H3,(H,23,28)(H,25,27). The number of para-hydroxylation sites is 1. The number of amides is 2. The first-order valence-electron chi connectivity index (χ1n) is 9.17. The lowest BCUT2D eigenvalue weighted by atomic mass is 10.1. The average molecular weight is 404 g/mol. The maximum atomic E-state index is 12.2. The number of nitro benzene ring substituents is 1. The van der Waals surface area contributed by atoms with Crippen LogP contribution in [0.4, 0.5) is 22.7 Å². The molecule has 8 nitrogen and oxygen atoms in total. The monoisotopic (exact) mass is 404 g/mol. The predicted octanol–water partition coefficient (Wildman–Crippen LogP) is 4.02. The molecular formula is C22H20N4O4. The van der Waals surface area contributed by atoms with Crippen molar-refractivity contribution in [3.8, 4) is 0 Å². The van der Waals surface area contributed by atoms with E-state index in [1.807, 2.05) is 42.5 Å². The quantitative estimate of drug-likeness (QED) is 0.407. The van der Waals surface area contributed by atoms with Crippen molar-refractivity contribution >= 4 is 34.6 Å². The Bertz CT molecular complexity index is 1070. The number of rotatable bonds is 7. The second-order valence-corrected chi connectivity index (χ2v) is 6.56. The van der Waals surface area contributed by atoms with Gasteiger partial charge in [0.25, 0.3) is 11.6 Å². The number of nitro groups is 1. The lowest BCUT2D eigenvalue weighted by molar-refractivity contribution is -0.385. The van der Waals surface area contributed by atoms with E-state index < -0.39 is 10.8 Å². The second kappa shape index (κ2) is 9.33. The molecule has 0 heterocycles. The van der Waals surface area contributed by atoms with Crippen molar-refractivity contribution < 1.29 is 14.5 Å². The number of anilines is 3. The second-order valence-electron chi connectivity index (χ2n) is 6.56. The highest BCUT2D eigenvalue weighted by molar-refractivity contribution is 5.99. The highest BCUT2D eigenvalue weighted by Crippen LogP contribution is 2.19. The summed E-state index contributed by atoms with van der Waals surface area (Å²) in [6.45, 7) is 1.33. The summed E-state index contributed by atoms with van der Waals surface area (Å²) in [6, 6.07) is 20.9. The molecule has 8 heteroatoms. The van der Waals surface area contributed by atoms with Gasteiger partial charge in [0.05, 0.1) is 11.5 Å². The van der Waals surface area contributed by atoms with Gasteiger partial charge >= 0.3 is 0 Å². The van der Waals surface area contributed by atoms with E-state index in [9.17, 15) is 19.7 Å². The highest BCUT2D eigenvalue weighted by Gasteiger charge is 2.14. The van der Waals surface area contributed by atoms with Crippen LogP contribution in [0.2, 0.25) is 0 Å². The molecule has 3 rings (SSSR count). The Labute approximate surface area is 173 Å². The number of hydrogen-bond acceptors (Lipinski definition) is 5. The number of aryl methyl sites for hydroxylation is 1. The maximum absolute atomic E-state index is 12.2. The van der Waals surface area contributed by atoms with Crippen molar-refractivity contribution in [3.05, 3.63) is 94.0 Å². The van der Waals surface area contributed by atoms with Gasteiger partial charge in [-0.15, -0.1) is 0 Å². The molecule has 2 amide bonds. The molecule has 0 bridgehead atoms. The number of carbonyl (C=O) groups excluding carboxylic acids is 2. The van der Waals surface area contributed by atoms with E-state index in [0.29, 0.717) is 11.3 Å². The molecule has 0 unspecified atom stereocenters. The van der Waals surface area contributed by atoms with E-state index in [-0.39, 0.29) is 23.7 Å².